The van der Waals surface area contributed by atoms with E-state index in [0.717, 1.165) is 0 Å². The first-order valence-corrected chi connectivity index (χ1v) is 10.8. The minimum atomic E-state index is -1.19. The van der Waals surface area contributed by atoms with Crippen molar-refractivity contribution in [1.29, 1.82) is 0 Å². The zero-order chi connectivity index (χ0) is 22.6. The molecule has 8 nitrogen and oxygen atoms in total. The molecule has 0 aromatic carbocycles. The quantitative estimate of drug-likeness (QED) is 0.144. The van der Waals surface area contributed by atoms with Crippen LogP contribution in [0.25, 0.3) is 0 Å². The molecule has 9 heteroatoms. The molecule has 0 saturated heterocycles. The van der Waals surface area contributed by atoms with Gasteiger partial charge in [-0.2, -0.15) is 0 Å². The Bertz CT molecular complexity index is 523. The summed E-state index contributed by atoms with van der Waals surface area (Å²) >= 11 is 5.47. The maximum absolute atomic E-state index is 10.8. The van der Waals surface area contributed by atoms with Crippen LogP contribution in [0, 0.1) is 5.41 Å². The molecule has 0 spiro atoms. The largest absolute Gasteiger partial charge is 0.391 e. The summed E-state index contributed by atoms with van der Waals surface area (Å²) in [6.07, 6.45) is -3.12. The smallest absolute Gasteiger partial charge is 0.192 e. The minimum Gasteiger partial charge on any atom is -0.391 e. The lowest BCUT2D eigenvalue weighted by Gasteiger charge is -2.38. The summed E-state index contributed by atoms with van der Waals surface area (Å²) in [6, 6.07) is -0.869. The van der Waals surface area contributed by atoms with Gasteiger partial charge in [0, 0.05) is 19.0 Å². The summed E-state index contributed by atoms with van der Waals surface area (Å²) in [6.45, 7) is 6.53. The van der Waals surface area contributed by atoms with Crippen LogP contribution in [0.4, 0.5) is 0 Å². The van der Waals surface area contributed by atoms with Crippen LogP contribution < -0.4 is 10.6 Å². The Labute approximate surface area is 180 Å². The van der Waals surface area contributed by atoms with Crippen LogP contribution >= 0.6 is 12.2 Å². The molecule has 7 N–H and O–H groups in total. The lowest BCUT2D eigenvalue weighted by Crippen LogP contribution is -2.59. The van der Waals surface area contributed by atoms with Crippen LogP contribution in [0.1, 0.15) is 46.5 Å². The minimum absolute atomic E-state index is 0.00532. The summed E-state index contributed by atoms with van der Waals surface area (Å²) in [5.41, 5.74) is -0.00532. The zero-order valence-corrected chi connectivity index (χ0v) is 19.5. The fourth-order valence-electron chi connectivity index (χ4n) is 3.38. The highest BCUT2D eigenvalue weighted by molar-refractivity contribution is 7.80. The number of thiocarbonyl (C=S) groups is 1. The molecule has 0 aromatic heterocycles. The Kier molecular flexibility index (Phi) is 9.89. The molecule has 0 heterocycles. The van der Waals surface area contributed by atoms with Gasteiger partial charge in [-0.05, 0) is 18.3 Å². The van der Waals surface area contributed by atoms with Crippen molar-refractivity contribution in [2.24, 2.45) is 5.41 Å². The first kappa shape index (κ1) is 26.6. The highest BCUT2D eigenvalue weighted by Crippen LogP contribution is 2.21. The van der Waals surface area contributed by atoms with Gasteiger partial charge in [-0.15, -0.1) is 0 Å². The van der Waals surface area contributed by atoms with Gasteiger partial charge in [0.2, 0.25) is 0 Å². The molecule has 0 aliphatic heterocycles. The Morgan fingerprint density at radius 3 is 2.17 bits per heavy atom. The highest BCUT2D eigenvalue weighted by atomic mass is 32.1. The van der Waals surface area contributed by atoms with E-state index in [-0.39, 0.29) is 11.8 Å². The number of hydrogen-bond donors (Lipinski definition) is 7. The SMILES string of the molecule is CC(C)(C)CC(=S)NC(CNC1CCC(O)C(O)C1O)C(O)CC(O)[N+](C)(C)C. The first-order valence-electron chi connectivity index (χ1n) is 10.4. The summed E-state index contributed by atoms with van der Waals surface area (Å²) in [5, 5.41) is 57.4. The van der Waals surface area contributed by atoms with Gasteiger partial charge >= 0.3 is 0 Å². The monoisotopic (exact) mass is 436 g/mol. The third-order valence-corrected chi connectivity index (χ3v) is 5.64. The van der Waals surface area contributed by atoms with Crippen LogP contribution in [0.2, 0.25) is 0 Å². The zero-order valence-electron chi connectivity index (χ0n) is 18.7. The van der Waals surface area contributed by atoms with Gasteiger partial charge in [0.15, 0.2) is 6.23 Å². The molecule has 1 aliphatic carbocycles. The van der Waals surface area contributed by atoms with E-state index in [1.54, 1.807) is 0 Å². The maximum atomic E-state index is 10.8. The normalized spacial score (nSPS) is 29.2. The lowest BCUT2D eigenvalue weighted by atomic mass is 9.87. The fourth-order valence-corrected chi connectivity index (χ4v) is 3.96. The predicted molar refractivity (Wildman–Crippen MR) is 117 cm³/mol. The van der Waals surface area contributed by atoms with E-state index >= 15 is 0 Å². The highest BCUT2D eigenvalue weighted by Gasteiger charge is 2.37. The summed E-state index contributed by atoms with van der Waals surface area (Å²) < 4.78 is 0.301. The second-order valence-electron chi connectivity index (χ2n) is 10.5. The van der Waals surface area contributed by atoms with E-state index in [4.69, 9.17) is 12.2 Å². The number of aliphatic hydroxyl groups is 5. The van der Waals surface area contributed by atoms with Crippen LogP contribution in [0.5, 0.6) is 0 Å². The molecule has 7 unspecified atom stereocenters. The molecule has 0 aromatic rings. The number of quaternary nitrogens is 1. The van der Waals surface area contributed by atoms with Crippen molar-refractivity contribution >= 4 is 17.2 Å². The molecule has 0 radical (unpaired) electrons. The van der Waals surface area contributed by atoms with Gasteiger partial charge in [0.1, 0.15) is 6.10 Å². The Morgan fingerprint density at radius 2 is 1.66 bits per heavy atom. The average molecular weight is 437 g/mol. The molecular weight excluding hydrogens is 394 g/mol. The molecule has 1 aliphatic rings. The summed E-state index contributed by atoms with van der Waals surface area (Å²) in [5.74, 6) is 0. The van der Waals surface area contributed by atoms with E-state index in [9.17, 15) is 25.5 Å². The van der Waals surface area contributed by atoms with Crippen molar-refractivity contribution in [3.63, 3.8) is 0 Å². The molecule has 0 amide bonds. The second-order valence-corrected chi connectivity index (χ2v) is 10.9. The number of rotatable bonds is 9. The van der Waals surface area contributed by atoms with Crippen molar-refractivity contribution in [3.05, 3.63) is 0 Å². The van der Waals surface area contributed by atoms with Crippen LogP contribution in [0.3, 0.4) is 0 Å². The van der Waals surface area contributed by atoms with Crippen LogP contribution in [0.15, 0.2) is 0 Å². The van der Waals surface area contributed by atoms with Crippen molar-refractivity contribution in [2.45, 2.75) is 89.2 Å². The third-order valence-electron chi connectivity index (χ3n) is 5.38. The molecule has 172 valence electrons. The van der Waals surface area contributed by atoms with E-state index in [1.807, 2.05) is 21.1 Å². The van der Waals surface area contributed by atoms with Gasteiger partial charge in [0.25, 0.3) is 0 Å². The van der Waals surface area contributed by atoms with E-state index in [1.165, 1.54) is 0 Å². The number of hydrogen-bond acceptors (Lipinski definition) is 7. The molecule has 29 heavy (non-hydrogen) atoms. The predicted octanol–water partition coefficient (Wildman–Crippen LogP) is -0.681. The molecular formula is C20H42N3O5S+. The van der Waals surface area contributed by atoms with Crippen molar-refractivity contribution < 1.29 is 30.0 Å². The molecule has 1 saturated carbocycles. The average Bonchev–Trinajstić information content (AvgIpc) is 2.55. The Balaban J connectivity index is 2.80. The van der Waals surface area contributed by atoms with Gasteiger partial charge in [-0.3, -0.25) is 0 Å². The molecule has 1 fully saturated rings. The van der Waals surface area contributed by atoms with Gasteiger partial charge in [0.05, 0.1) is 56.9 Å². The van der Waals surface area contributed by atoms with Crippen LogP contribution in [-0.4, -0.2) is 105 Å². The number of nitrogens with zero attached hydrogens (tertiary/aromatic N) is 1. The van der Waals surface area contributed by atoms with Gasteiger partial charge < -0.3 is 40.6 Å². The Morgan fingerprint density at radius 1 is 1.07 bits per heavy atom. The number of aliphatic hydroxyl groups excluding tert-OH is 5. The molecule has 7 atom stereocenters. The molecule has 1 rings (SSSR count). The summed E-state index contributed by atoms with van der Waals surface area (Å²) in [7, 11) is 5.56. The Hall–Kier alpha value is -0.390. The fraction of sp³-hybridized carbons (Fsp3) is 0.950. The van der Waals surface area contributed by atoms with Gasteiger partial charge in [-0.1, -0.05) is 33.0 Å². The topological polar surface area (TPSA) is 125 Å². The standard InChI is InChI=1S/C20H41N3O5S/c1-20(2,3)10-16(29)22-13(15(25)9-17(26)23(4,5)6)11-21-12-7-8-14(24)19(28)18(12)27/h12-15,17-19,21,24-28H,7-11H2,1-6H3/p+1. The van der Waals surface area contributed by atoms with Gasteiger partial charge in [-0.25, -0.2) is 0 Å². The lowest BCUT2D eigenvalue weighted by molar-refractivity contribution is -0.919. The first-order chi connectivity index (χ1) is 13.1. The van der Waals surface area contributed by atoms with Crippen molar-refractivity contribution in [2.75, 3.05) is 27.7 Å². The van der Waals surface area contributed by atoms with E-state index < -0.39 is 42.7 Å². The summed E-state index contributed by atoms with van der Waals surface area (Å²) in [4.78, 5) is 0.628. The maximum Gasteiger partial charge on any atom is 0.192 e. The second kappa shape index (κ2) is 10.8. The van der Waals surface area contributed by atoms with E-state index in [2.05, 4.69) is 31.4 Å². The van der Waals surface area contributed by atoms with Crippen molar-refractivity contribution in [3.8, 4) is 0 Å². The van der Waals surface area contributed by atoms with E-state index in [0.29, 0.717) is 35.3 Å². The molecule has 0 bridgehead atoms. The van der Waals surface area contributed by atoms with Crippen molar-refractivity contribution in [1.82, 2.24) is 10.6 Å². The third kappa shape index (κ3) is 9.10. The van der Waals surface area contributed by atoms with Crippen LogP contribution in [-0.2, 0) is 0 Å². The number of nitrogens with one attached hydrogen (secondary N) is 2.